The Hall–Kier alpha value is -3.43. The number of hydrogen-bond donors (Lipinski definition) is 0. The Morgan fingerprint density at radius 2 is 1.73 bits per heavy atom. The average Bonchev–Trinajstić information content (AvgIpc) is 3.16. The van der Waals surface area contributed by atoms with Gasteiger partial charge in [-0.15, -0.1) is 0 Å². The summed E-state index contributed by atoms with van der Waals surface area (Å²) in [6.45, 7) is 1.86. The van der Waals surface area contributed by atoms with E-state index in [1.165, 1.54) is 19.2 Å². The molecule has 0 aromatic heterocycles. The van der Waals surface area contributed by atoms with Crippen molar-refractivity contribution in [3.05, 3.63) is 93.5 Å². The van der Waals surface area contributed by atoms with Crippen molar-refractivity contribution in [2.75, 3.05) is 7.11 Å². The molecule has 0 fully saturated rings. The third kappa shape index (κ3) is 4.84. The Balaban J connectivity index is 1.70. The number of oxime groups is 1. The predicted molar refractivity (Wildman–Crippen MR) is 127 cm³/mol. The summed E-state index contributed by atoms with van der Waals surface area (Å²) in [6, 6.07) is 18.6. The molecule has 0 aliphatic carbocycles. The maximum atomic E-state index is 12.8. The zero-order valence-electron chi connectivity index (χ0n) is 17.6. The van der Waals surface area contributed by atoms with Crippen molar-refractivity contribution in [1.29, 1.82) is 0 Å². The SMILES string of the molecule is COc1cc(/C=C2\C(=O)ON=C2c2ccccc2)cc(Br)c1OS(=O)(=O)c1ccc(C)cc1. The van der Waals surface area contributed by atoms with Crippen LogP contribution < -0.4 is 8.92 Å². The Morgan fingerprint density at radius 1 is 1.03 bits per heavy atom. The Bertz CT molecular complexity index is 1380. The van der Waals surface area contributed by atoms with E-state index in [1.54, 1.807) is 30.3 Å². The van der Waals surface area contributed by atoms with Crippen molar-refractivity contribution in [3.63, 3.8) is 0 Å². The summed E-state index contributed by atoms with van der Waals surface area (Å²) in [6.07, 6.45) is 1.59. The molecule has 0 unspecified atom stereocenters. The summed E-state index contributed by atoms with van der Waals surface area (Å²) in [5.74, 6) is -0.436. The minimum absolute atomic E-state index is 0.00817. The van der Waals surface area contributed by atoms with Gasteiger partial charge in [-0.3, -0.25) is 0 Å². The van der Waals surface area contributed by atoms with E-state index in [0.717, 1.165) is 11.1 Å². The Morgan fingerprint density at radius 3 is 2.39 bits per heavy atom. The van der Waals surface area contributed by atoms with Gasteiger partial charge in [-0.05, 0) is 58.8 Å². The van der Waals surface area contributed by atoms with Crippen molar-refractivity contribution in [1.82, 2.24) is 0 Å². The van der Waals surface area contributed by atoms with Crippen molar-refractivity contribution < 1.29 is 27.0 Å². The van der Waals surface area contributed by atoms with Crippen LogP contribution in [0.25, 0.3) is 6.08 Å². The number of rotatable bonds is 6. The van der Waals surface area contributed by atoms with Gasteiger partial charge in [-0.25, -0.2) is 4.79 Å². The first-order valence-corrected chi connectivity index (χ1v) is 11.9. The maximum Gasteiger partial charge on any atom is 0.368 e. The lowest BCUT2D eigenvalue weighted by Crippen LogP contribution is -2.11. The van der Waals surface area contributed by atoms with E-state index in [2.05, 4.69) is 21.1 Å². The quantitative estimate of drug-likeness (QED) is 0.258. The first-order valence-electron chi connectivity index (χ1n) is 9.74. The van der Waals surface area contributed by atoms with Crippen molar-refractivity contribution in [3.8, 4) is 11.5 Å². The van der Waals surface area contributed by atoms with E-state index in [9.17, 15) is 13.2 Å². The molecule has 7 nitrogen and oxygen atoms in total. The Kier molecular flexibility index (Phi) is 6.35. The van der Waals surface area contributed by atoms with Crippen LogP contribution in [0.5, 0.6) is 11.5 Å². The summed E-state index contributed by atoms with van der Waals surface area (Å²) in [5.41, 5.74) is 2.86. The van der Waals surface area contributed by atoms with Gasteiger partial charge in [0.25, 0.3) is 0 Å². The minimum atomic E-state index is -4.09. The lowest BCUT2D eigenvalue weighted by molar-refractivity contribution is -0.136. The van der Waals surface area contributed by atoms with Gasteiger partial charge in [0.1, 0.15) is 10.6 Å². The molecule has 0 saturated carbocycles. The van der Waals surface area contributed by atoms with E-state index >= 15 is 0 Å². The lowest BCUT2D eigenvalue weighted by atomic mass is 10.0. The van der Waals surface area contributed by atoms with Crippen LogP contribution in [0, 0.1) is 6.92 Å². The van der Waals surface area contributed by atoms with E-state index in [-0.39, 0.29) is 22.0 Å². The number of ether oxygens (including phenoxy) is 1. The van der Waals surface area contributed by atoms with E-state index < -0.39 is 16.1 Å². The highest BCUT2D eigenvalue weighted by Crippen LogP contribution is 2.39. The molecule has 9 heteroatoms. The third-order valence-corrected chi connectivity index (χ3v) is 6.63. The average molecular weight is 528 g/mol. The van der Waals surface area contributed by atoms with Gasteiger partial charge in [0, 0.05) is 5.56 Å². The zero-order chi connectivity index (χ0) is 23.6. The molecule has 0 N–H and O–H groups in total. The number of aryl methyl sites for hydroxylation is 1. The molecule has 168 valence electrons. The van der Waals surface area contributed by atoms with Crippen LogP contribution >= 0.6 is 15.9 Å². The van der Waals surface area contributed by atoms with Gasteiger partial charge in [0.15, 0.2) is 11.5 Å². The summed E-state index contributed by atoms with van der Waals surface area (Å²) >= 11 is 3.36. The predicted octanol–water partition coefficient (Wildman–Crippen LogP) is 4.88. The number of carbonyl (C=O) groups is 1. The van der Waals surface area contributed by atoms with Crippen LogP contribution in [0.15, 0.2) is 86.8 Å². The molecule has 0 bridgehead atoms. The lowest BCUT2D eigenvalue weighted by Gasteiger charge is -2.14. The van der Waals surface area contributed by atoms with Gasteiger partial charge in [-0.1, -0.05) is 53.2 Å². The molecule has 3 aromatic rings. The van der Waals surface area contributed by atoms with Crippen molar-refractivity contribution >= 4 is 43.8 Å². The Labute approximate surface area is 199 Å². The van der Waals surface area contributed by atoms with Crippen LogP contribution in [0.2, 0.25) is 0 Å². The molecule has 0 amide bonds. The molecule has 1 heterocycles. The van der Waals surface area contributed by atoms with Gasteiger partial charge in [-0.2, -0.15) is 8.42 Å². The first-order chi connectivity index (χ1) is 15.8. The third-order valence-electron chi connectivity index (χ3n) is 4.81. The molecule has 0 spiro atoms. The maximum absolute atomic E-state index is 12.8. The number of halogens is 1. The van der Waals surface area contributed by atoms with E-state index in [0.29, 0.717) is 15.7 Å². The second kappa shape index (κ2) is 9.21. The molecule has 4 rings (SSSR count). The first kappa shape index (κ1) is 22.8. The number of methoxy groups -OCH3 is 1. The fourth-order valence-corrected chi connectivity index (χ4v) is 4.75. The summed E-state index contributed by atoms with van der Waals surface area (Å²) in [7, 11) is -2.70. The van der Waals surface area contributed by atoms with Gasteiger partial charge < -0.3 is 13.8 Å². The highest BCUT2D eigenvalue weighted by molar-refractivity contribution is 9.10. The number of benzene rings is 3. The molecular formula is C24H18BrNO6S. The van der Waals surface area contributed by atoms with Crippen LogP contribution in [-0.2, 0) is 19.8 Å². The van der Waals surface area contributed by atoms with E-state index in [4.69, 9.17) is 13.8 Å². The normalized spacial score (nSPS) is 14.7. The smallest absolute Gasteiger partial charge is 0.368 e. The topological polar surface area (TPSA) is 91.3 Å². The molecule has 1 aliphatic rings. The fourth-order valence-electron chi connectivity index (χ4n) is 3.15. The van der Waals surface area contributed by atoms with Gasteiger partial charge >= 0.3 is 16.1 Å². The molecule has 3 aromatic carbocycles. The van der Waals surface area contributed by atoms with Crippen molar-refractivity contribution in [2.45, 2.75) is 11.8 Å². The molecule has 0 saturated heterocycles. The second-order valence-corrected chi connectivity index (χ2v) is 9.53. The van der Waals surface area contributed by atoms with E-state index in [1.807, 2.05) is 37.3 Å². The monoisotopic (exact) mass is 527 g/mol. The minimum Gasteiger partial charge on any atom is -0.493 e. The van der Waals surface area contributed by atoms with Crippen LogP contribution in [0.1, 0.15) is 16.7 Å². The molecule has 0 atom stereocenters. The number of carbonyl (C=O) groups excluding carboxylic acids is 1. The van der Waals surface area contributed by atoms with Gasteiger partial charge in [0.05, 0.1) is 17.2 Å². The summed E-state index contributed by atoms with van der Waals surface area (Å²) in [4.78, 5) is 17.2. The summed E-state index contributed by atoms with van der Waals surface area (Å²) < 4.78 is 36.6. The van der Waals surface area contributed by atoms with Gasteiger partial charge in [0.2, 0.25) is 0 Å². The highest BCUT2D eigenvalue weighted by atomic mass is 79.9. The highest BCUT2D eigenvalue weighted by Gasteiger charge is 2.27. The molecule has 0 radical (unpaired) electrons. The fraction of sp³-hybridized carbons (Fsp3) is 0.0833. The second-order valence-electron chi connectivity index (χ2n) is 7.13. The number of hydrogen-bond acceptors (Lipinski definition) is 7. The zero-order valence-corrected chi connectivity index (χ0v) is 20.0. The standard InChI is InChI=1S/C24H18BrNO6S/c1-15-8-10-18(11-9-15)33(28,29)32-23-20(25)13-16(14-21(23)30-2)12-19-22(26-31-24(19)27)17-6-4-3-5-7-17/h3-14H,1-2H3/b19-12-. The summed E-state index contributed by atoms with van der Waals surface area (Å²) in [5, 5.41) is 3.89. The molecule has 1 aliphatic heterocycles. The number of nitrogens with zero attached hydrogens (tertiary/aromatic N) is 1. The van der Waals surface area contributed by atoms with Crippen molar-refractivity contribution in [2.24, 2.45) is 5.16 Å². The largest absolute Gasteiger partial charge is 0.493 e. The van der Waals surface area contributed by atoms with Crippen LogP contribution in [0.4, 0.5) is 0 Å². The van der Waals surface area contributed by atoms with Crippen LogP contribution in [-0.4, -0.2) is 27.2 Å². The molecular weight excluding hydrogens is 510 g/mol. The van der Waals surface area contributed by atoms with Crippen LogP contribution in [0.3, 0.4) is 0 Å². The molecule has 33 heavy (non-hydrogen) atoms.